The van der Waals surface area contributed by atoms with Crippen LogP contribution in [0.5, 0.6) is 0 Å². The van der Waals surface area contributed by atoms with Gasteiger partial charge in [-0.25, -0.2) is 0 Å². The topological polar surface area (TPSA) is 38.5 Å². The van der Waals surface area contributed by atoms with Crippen LogP contribution in [-0.2, 0) is 4.74 Å². The Labute approximate surface area is 117 Å². The van der Waals surface area contributed by atoms with Gasteiger partial charge in [-0.1, -0.05) is 12.8 Å². The molecule has 1 aliphatic heterocycles. The van der Waals surface area contributed by atoms with E-state index in [9.17, 15) is 0 Å². The molecular formula is C16H30N2O. The SMILES string of the molecule is COC1CCN(C2(CN)CCC3(CCCC3)CC2)C1. The zero-order valence-corrected chi connectivity index (χ0v) is 12.5. The van der Waals surface area contributed by atoms with Crippen LogP contribution in [0, 0.1) is 5.41 Å². The first-order chi connectivity index (χ1) is 9.22. The second kappa shape index (κ2) is 5.34. The van der Waals surface area contributed by atoms with Crippen molar-refractivity contribution < 1.29 is 4.74 Å². The van der Waals surface area contributed by atoms with Gasteiger partial charge in [-0.2, -0.15) is 0 Å². The highest BCUT2D eigenvalue weighted by atomic mass is 16.5. The Morgan fingerprint density at radius 2 is 1.79 bits per heavy atom. The van der Waals surface area contributed by atoms with E-state index in [1.54, 1.807) is 0 Å². The lowest BCUT2D eigenvalue weighted by Crippen LogP contribution is -2.56. The van der Waals surface area contributed by atoms with Crippen molar-refractivity contribution in [3.63, 3.8) is 0 Å². The Kier molecular flexibility index (Phi) is 3.89. The molecule has 110 valence electrons. The second-order valence-electron chi connectivity index (χ2n) is 7.23. The zero-order valence-electron chi connectivity index (χ0n) is 12.5. The van der Waals surface area contributed by atoms with Crippen molar-refractivity contribution in [1.29, 1.82) is 0 Å². The molecule has 1 unspecified atom stereocenters. The fraction of sp³-hybridized carbons (Fsp3) is 1.00. The molecule has 3 aliphatic rings. The predicted octanol–water partition coefficient (Wildman–Crippen LogP) is 2.54. The molecule has 2 N–H and O–H groups in total. The number of nitrogens with zero attached hydrogens (tertiary/aromatic N) is 1. The molecule has 0 amide bonds. The summed E-state index contributed by atoms with van der Waals surface area (Å²) in [4.78, 5) is 2.66. The van der Waals surface area contributed by atoms with Gasteiger partial charge in [0, 0.05) is 32.3 Å². The molecule has 2 aliphatic carbocycles. The van der Waals surface area contributed by atoms with Gasteiger partial charge in [0.15, 0.2) is 0 Å². The molecule has 0 aromatic rings. The first kappa shape index (κ1) is 13.8. The second-order valence-corrected chi connectivity index (χ2v) is 7.23. The van der Waals surface area contributed by atoms with Gasteiger partial charge in [0.1, 0.15) is 0 Å². The van der Waals surface area contributed by atoms with Crippen LogP contribution in [0.4, 0.5) is 0 Å². The predicted molar refractivity (Wildman–Crippen MR) is 78.1 cm³/mol. The van der Waals surface area contributed by atoms with Gasteiger partial charge in [-0.3, -0.25) is 4.90 Å². The number of methoxy groups -OCH3 is 1. The first-order valence-corrected chi connectivity index (χ1v) is 8.20. The molecule has 0 bridgehead atoms. The van der Waals surface area contributed by atoms with E-state index < -0.39 is 0 Å². The summed E-state index contributed by atoms with van der Waals surface area (Å²) in [5.74, 6) is 0. The highest BCUT2D eigenvalue weighted by Crippen LogP contribution is 2.52. The molecule has 2 saturated carbocycles. The Hall–Kier alpha value is -0.120. The maximum atomic E-state index is 6.21. The molecule has 0 radical (unpaired) electrons. The molecule has 0 aromatic carbocycles. The number of hydrogen-bond donors (Lipinski definition) is 1. The van der Waals surface area contributed by atoms with Crippen LogP contribution in [0.1, 0.15) is 57.8 Å². The Morgan fingerprint density at radius 3 is 2.32 bits per heavy atom. The van der Waals surface area contributed by atoms with Crippen LogP contribution in [0.25, 0.3) is 0 Å². The molecular weight excluding hydrogens is 236 g/mol. The molecule has 19 heavy (non-hydrogen) atoms. The van der Waals surface area contributed by atoms with Crippen molar-refractivity contribution >= 4 is 0 Å². The average molecular weight is 266 g/mol. The molecule has 1 heterocycles. The quantitative estimate of drug-likeness (QED) is 0.853. The third-order valence-corrected chi connectivity index (χ3v) is 6.43. The summed E-state index contributed by atoms with van der Waals surface area (Å²) in [5.41, 5.74) is 7.21. The minimum absolute atomic E-state index is 0.293. The molecule has 1 atom stereocenters. The summed E-state index contributed by atoms with van der Waals surface area (Å²) in [7, 11) is 1.84. The first-order valence-electron chi connectivity index (χ1n) is 8.20. The van der Waals surface area contributed by atoms with E-state index in [1.165, 1.54) is 64.3 Å². The van der Waals surface area contributed by atoms with Crippen LogP contribution in [-0.4, -0.2) is 43.3 Å². The summed E-state index contributed by atoms with van der Waals surface area (Å²) in [6.45, 7) is 3.11. The van der Waals surface area contributed by atoms with Crippen LogP contribution >= 0.6 is 0 Å². The Morgan fingerprint density at radius 1 is 1.11 bits per heavy atom. The number of likely N-dealkylation sites (tertiary alicyclic amines) is 1. The molecule has 0 aromatic heterocycles. The van der Waals surface area contributed by atoms with E-state index in [1.807, 2.05) is 7.11 Å². The minimum atomic E-state index is 0.293. The highest BCUT2D eigenvalue weighted by Gasteiger charge is 2.47. The summed E-state index contributed by atoms with van der Waals surface area (Å²) < 4.78 is 5.53. The van der Waals surface area contributed by atoms with Crippen molar-refractivity contribution in [1.82, 2.24) is 4.90 Å². The van der Waals surface area contributed by atoms with E-state index in [2.05, 4.69) is 4.90 Å². The average Bonchev–Trinajstić information content (AvgIpc) is 3.10. The third kappa shape index (κ3) is 2.45. The molecule has 3 rings (SSSR count). The summed E-state index contributed by atoms with van der Waals surface area (Å²) in [6, 6.07) is 0. The third-order valence-electron chi connectivity index (χ3n) is 6.43. The Balaban J connectivity index is 1.65. The van der Waals surface area contributed by atoms with E-state index in [0.717, 1.165) is 13.1 Å². The summed E-state index contributed by atoms with van der Waals surface area (Å²) >= 11 is 0. The van der Waals surface area contributed by atoms with E-state index in [-0.39, 0.29) is 0 Å². The summed E-state index contributed by atoms with van der Waals surface area (Å²) in [6.07, 6.45) is 13.0. The summed E-state index contributed by atoms with van der Waals surface area (Å²) in [5, 5.41) is 0. The molecule has 3 nitrogen and oxygen atoms in total. The number of nitrogens with two attached hydrogens (primary N) is 1. The molecule has 1 saturated heterocycles. The maximum absolute atomic E-state index is 6.21. The van der Waals surface area contributed by atoms with Gasteiger partial charge < -0.3 is 10.5 Å². The maximum Gasteiger partial charge on any atom is 0.0710 e. The van der Waals surface area contributed by atoms with Gasteiger partial charge in [0.2, 0.25) is 0 Å². The number of rotatable bonds is 3. The standard InChI is InChI=1S/C16H30N2O/c1-19-14-4-11-18(12-14)16(13-17)9-7-15(8-10-16)5-2-3-6-15/h14H,2-13,17H2,1H3. The van der Waals surface area contributed by atoms with E-state index >= 15 is 0 Å². The lowest BCUT2D eigenvalue weighted by Gasteiger charge is -2.49. The fourth-order valence-electron chi connectivity index (χ4n) is 4.87. The van der Waals surface area contributed by atoms with Gasteiger partial charge in [-0.05, 0) is 50.4 Å². The van der Waals surface area contributed by atoms with Crippen molar-refractivity contribution in [2.45, 2.75) is 69.4 Å². The van der Waals surface area contributed by atoms with Gasteiger partial charge in [-0.15, -0.1) is 0 Å². The van der Waals surface area contributed by atoms with E-state index in [4.69, 9.17) is 10.5 Å². The van der Waals surface area contributed by atoms with Crippen LogP contribution in [0.2, 0.25) is 0 Å². The van der Waals surface area contributed by atoms with Crippen molar-refractivity contribution in [2.75, 3.05) is 26.7 Å². The van der Waals surface area contributed by atoms with Gasteiger partial charge >= 0.3 is 0 Å². The van der Waals surface area contributed by atoms with Gasteiger partial charge in [0.25, 0.3) is 0 Å². The van der Waals surface area contributed by atoms with E-state index in [0.29, 0.717) is 17.1 Å². The minimum Gasteiger partial charge on any atom is -0.380 e. The highest BCUT2D eigenvalue weighted by molar-refractivity contribution is 5.03. The molecule has 1 spiro atoms. The monoisotopic (exact) mass is 266 g/mol. The lowest BCUT2D eigenvalue weighted by molar-refractivity contribution is 0.0161. The number of ether oxygens (including phenoxy) is 1. The van der Waals surface area contributed by atoms with Gasteiger partial charge in [0.05, 0.1) is 6.10 Å². The van der Waals surface area contributed by atoms with Crippen molar-refractivity contribution in [3.8, 4) is 0 Å². The van der Waals surface area contributed by atoms with Crippen molar-refractivity contribution in [3.05, 3.63) is 0 Å². The normalized spacial score (nSPS) is 34.1. The fourth-order valence-corrected chi connectivity index (χ4v) is 4.87. The zero-order chi connectivity index (χ0) is 13.3. The number of hydrogen-bond acceptors (Lipinski definition) is 3. The largest absolute Gasteiger partial charge is 0.380 e. The van der Waals surface area contributed by atoms with Crippen LogP contribution in [0.3, 0.4) is 0 Å². The molecule has 3 fully saturated rings. The molecule has 3 heteroatoms. The Bertz CT molecular complexity index is 302. The lowest BCUT2D eigenvalue weighted by atomic mass is 9.66. The van der Waals surface area contributed by atoms with Crippen LogP contribution in [0.15, 0.2) is 0 Å². The smallest absolute Gasteiger partial charge is 0.0710 e. The van der Waals surface area contributed by atoms with Crippen molar-refractivity contribution in [2.24, 2.45) is 11.1 Å². The van der Waals surface area contributed by atoms with Crippen LogP contribution < -0.4 is 5.73 Å².